The molecule has 2 rings (SSSR count). The summed E-state index contributed by atoms with van der Waals surface area (Å²) in [5, 5.41) is 3.02. The highest BCUT2D eigenvalue weighted by Crippen LogP contribution is 2.18. The maximum Gasteiger partial charge on any atom is 0.237 e. The summed E-state index contributed by atoms with van der Waals surface area (Å²) in [6, 6.07) is 5.60. The summed E-state index contributed by atoms with van der Waals surface area (Å²) < 4.78 is 5.77. The van der Waals surface area contributed by atoms with Crippen molar-refractivity contribution in [3.05, 3.63) is 30.1 Å². The molecule has 0 spiro atoms. The van der Waals surface area contributed by atoms with Crippen molar-refractivity contribution in [3.63, 3.8) is 0 Å². The highest BCUT2D eigenvalue weighted by atomic mass is 16.5. The molecular weight excluding hydrogens is 278 g/mol. The first-order chi connectivity index (χ1) is 10.5. The molecule has 1 saturated heterocycles. The van der Waals surface area contributed by atoms with E-state index in [1.165, 1.54) is 0 Å². The quantitative estimate of drug-likeness (QED) is 0.902. The van der Waals surface area contributed by atoms with E-state index in [-0.39, 0.29) is 30.1 Å². The molecule has 0 aromatic carbocycles. The van der Waals surface area contributed by atoms with E-state index in [0.717, 1.165) is 18.8 Å². The zero-order chi connectivity index (χ0) is 16.1. The van der Waals surface area contributed by atoms with Crippen molar-refractivity contribution < 1.29 is 9.53 Å². The standard InChI is InChI=1S/C17H27N3O2/c1-12(2)16(20-10-13(3)22-14(4)11-20)17(21)19-9-15-7-5-6-8-18-15/h5-8,12-14,16H,9-11H2,1-4H3,(H,19,21)/t13-,14+,16-/m1/s1. The molecule has 5 heteroatoms. The van der Waals surface area contributed by atoms with Crippen LogP contribution in [0.3, 0.4) is 0 Å². The summed E-state index contributed by atoms with van der Waals surface area (Å²) in [5.41, 5.74) is 0.877. The molecule has 2 heterocycles. The molecule has 22 heavy (non-hydrogen) atoms. The number of morpholine rings is 1. The van der Waals surface area contributed by atoms with Crippen LogP contribution in [0.2, 0.25) is 0 Å². The van der Waals surface area contributed by atoms with Crippen molar-refractivity contribution in [2.24, 2.45) is 5.92 Å². The first-order valence-electron chi connectivity index (χ1n) is 8.04. The van der Waals surface area contributed by atoms with E-state index in [2.05, 4.69) is 42.9 Å². The number of nitrogens with one attached hydrogen (secondary N) is 1. The van der Waals surface area contributed by atoms with Crippen LogP contribution in [0.1, 0.15) is 33.4 Å². The Morgan fingerprint density at radius 2 is 2.05 bits per heavy atom. The van der Waals surface area contributed by atoms with Crippen molar-refractivity contribution >= 4 is 5.91 Å². The molecule has 1 aliphatic rings. The fourth-order valence-corrected chi connectivity index (χ4v) is 3.12. The number of ether oxygens (including phenoxy) is 1. The Bertz CT molecular complexity index is 468. The van der Waals surface area contributed by atoms with Crippen molar-refractivity contribution in [1.29, 1.82) is 0 Å². The first kappa shape index (κ1) is 16.9. The molecule has 1 N–H and O–H groups in total. The summed E-state index contributed by atoms with van der Waals surface area (Å²) in [6.07, 6.45) is 2.06. The summed E-state index contributed by atoms with van der Waals surface area (Å²) >= 11 is 0. The molecule has 1 fully saturated rings. The van der Waals surface area contributed by atoms with Gasteiger partial charge in [0, 0.05) is 19.3 Å². The third kappa shape index (κ3) is 4.52. The van der Waals surface area contributed by atoms with Crippen molar-refractivity contribution in [2.75, 3.05) is 13.1 Å². The largest absolute Gasteiger partial charge is 0.373 e. The number of amides is 1. The molecule has 0 unspecified atom stereocenters. The van der Waals surface area contributed by atoms with Crippen LogP contribution in [0.5, 0.6) is 0 Å². The van der Waals surface area contributed by atoms with E-state index < -0.39 is 0 Å². The summed E-state index contributed by atoms with van der Waals surface area (Å²) in [5.74, 6) is 0.322. The lowest BCUT2D eigenvalue weighted by molar-refractivity contribution is -0.135. The van der Waals surface area contributed by atoms with Gasteiger partial charge in [-0.15, -0.1) is 0 Å². The molecule has 0 radical (unpaired) electrons. The summed E-state index contributed by atoms with van der Waals surface area (Å²) in [7, 11) is 0. The minimum atomic E-state index is -0.127. The Kier molecular flexibility index (Phi) is 5.91. The van der Waals surface area contributed by atoms with Gasteiger partial charge in [-0.1, -0.05) is 19.9 Å². The van der Waals surface area contributed by atoms with Crippen LogP contribution < -0.4 is 5.32 Å². The second-order valence-electron chi connectivity index (χ2n) is 6.44. The van der Waals surface area contributed by atoms with Crippen molar-refractivity contribution in [1.82, 2.24) is 15.2 Å². The van der Waals surface area contributed by atoms with Gasteiger partial charge in [-0.3, -0.25) is 14.7 Å². The average molecular weight is 305 g/mol. The zero-order valence-electron chi connectivity index (χ0n) is 14.0. The Hall–Kier alpha value is -1.46. The predicted octanol–water partition coefficient (Wildman–Crippen LogP) is 1.83. The summed E-state index contributed by atoms with van der Waals surface area (Å²) in [4.78, 5) is 19.1. The van der Waals surface area contributed by atoms with Crippen LogP contribution >= 0.6 is 0 Å². The van der Waals surface area contributed by atoms with E-state index in [9.17, 15) is 4.79 Å². The molecule has 0 aliphatic carbocycles. The number of pyridine rings is 1. The van der Waals surface area contributed by atoms with Gasteiger partial charge in [0.15, 0.2) is 0 Å². The van der Waals surface area contributed by atoms with Gasteiger partial charge >= 0.3 is 0 Å². The SMILES string of the molecule is CC(C)[C@H](C(=O)NCc1ccccn1)N1C[C@@H](C)O[C@@H](C)C1. The molecule has 1 amide bonds. The molecule has 1 aliphatic heterocycles. The van der Waals surface area contributed by atoms with Gasteiger partial charge in [-0.25, -0.2) is 0 Å². The Morgan fingerprint density at radius 3 is 2.59 bits per heavy atom. The molecule has 1 aromatic heterocycles. The van der Waals surface area contributed by atoms with Crippen LogP contribution in [-0.4, -0.2) is 47.1 Å². The Balaban J connectivity index is 1.99. The molecular formula is C17H27N3O2. The maximum absolute atomic E-state index is 12.6. The number of rotatable bonds is 5. The number of carbonyl (C=O) groups excluding carboxylic acids is 1. The Labute approximate surface area is 133 Å². The molecule has 1 aromatic rings. The highest BCUT2D eigenvalue weighted by Gasteiger charge is 2.33. The van der Waals surface area contributed by atoms with Crippen LogP contribution in [-0.2, 0) is 16.1 Å². The molecule has 0 bridgehead atoms. The predicted molar refractivity (Wildman–Crippen MR) is 86.3 cm³/mol. The molecule has 3 atom stereocenters. The lowest BCUT2D eigenvalue weighted by Crippen LogP contribution is -2.56. The number of nitrogens with zero attached hydrogens (tertiary/aromatic N) is 2. The van der Waals surface area contributed by atoms with E-state index in [0.29, 0.717) is 6.54 Å². The van der Waals surface area contributed by atoms with Gasteiger partial charge in [-0.2, -0.15) is 0 Å². The van der Waals surface area contributed by atoms with Crippen LogP contribution in [0.15, 0.2) is 24.4 Å². The number of carbonyl (C=O) groups is 1. The average Bonchev–Trinajstić information content (AvgIpc) is 2.45. The minimum absolute atomic E-state index is 0.0713. The lowest BCUT2D eigenvalue weighted by atomic mass is 9.99. The number of hydrogen-bond acceptors (Lipinski definition) is 4. The molecule has 122 valence electrons. The topological polar surface area (TPSA) is 54.5 Å². The summed E-state index contributed by atoms with van der Waals surface area (Å²) in [6.45, 7) is 10.4. The number of aromatic nitrogens is 1. The van der Waals surface area contributed by atoms with Crippen LogP contribution in [0.4, 0.5) is 0 Å². The third-order valence-electron chi connectivity index (χ3n) is 3.91. The van der Waals surface area contributed by atoms with Gasteiger partial charge in [-0.05, 0) is 31.9 Å². The second-order valence-corrected chi connectivity index (χ2v) is 6.44. The van der Waals surface area contributed by atoms with Gasteiger partial charge in [0.25, 0.3) is 0 Å². The minimum Gasteiger partial charge on any atom is -0.373 e. The molecule has 0 saturated carbocycles. The smallest absolute Gasteiger partial charge is 0.237 e. The van der Waals surface area contributed by atoms with Crippen molar-refractivity contribution in [2.45, 2.75) is 52.5 Å². The van der Waals surface area contributed by atoms with Crippen molar-refractivity contribution in [3.8, 4) is 0 Å². The van der Waals surface area contributed by atoms with E-state index in [4.69, 9.17) is 4.74 Å². The van der Waals surface area contributed by atoms with Crippen LogP contribution in [0.25, 0.3) is 0 Å². The van der Waals surface area contributed by atoms with E-state index >= 15 is 0 Å². The second kappa shape index (κ2) is 7.70. The fourth-order valence-electron chi connectivity index (χ4n) is 3.12. The molecule has 5 nitrogen and oxygen atoms in total. The Morgan fingerprint density at radius 1 is 1.36 bits per heavy atom. The van der Waals surface area contributed by atoms with Gasteiger partial charge in [0.05, 0.1) is 30.5 Å². The normalized spacial score (nSPS) is 24.2. The van der Waals surface area contributed by atoms with E-state index in [1.54, 1.807) is 6.20 Å². The zero-order valence-corrected chi connectivity index (χ0v) is 14.0. The highest BCUT2D eigenvalue weighted by molar-refractivity contribution is 5.82. The van der Waals surface area contributed by atoms with Gasteiger partial charge in [0.1, 0.15) is 0 Å². The van der Waals surface area contributed by atoms with Crippen LogP contribution in [0, 0.1) is 5.92 Å². The van der Waals surface area contributed by atoms with E-state index in [1.807, 2.05) is 18.2 Å². The lowest BCUT2D eigenvalue weighted by Gasteiger charge is -2.41. The third-order valence-corrected chi connectivity index (χ3v) is 3.91. The maximum atomic E-state index is 12.6. The fraction of sp³-hybridized carbons (Fsp3) is 0.647. The monoisotopic (exact) mass is 305 g/mol. The van der Waals surface area contributed by atoms with Gasteiger partial charge in [0.2, 0.25) is 5.91 Å². The number of hydrogen-bond donors (Lipinski definition) is 1. The van der Waals surface area contributed by atoms with Gasteiger partial charge < -0.3 is 10.1 Å². The first-order valence-corrected chi connectivity index (χ1v) is 8.04.